The molecule has 0 spiro atoms. The number of ether oxygens (including phenoxy) is 1. The number of benzene rings is 1. The minimum Gasteiger partial charge on any atom is -0.494 e. The molecule has 1 fully saturated rings. The normalized spacial score (nSPS) is 17.8. The van der Waals surface area contributed by atoms with E-state index < -0.39 is 6.04 Å². The SMILES string of the molecule is C#CCN1C(=O)NC(=N)C1c1cccc(OCCC)c1. The number of amides is 2. The molecule has 1 aromatic carbocycles. The monoisotopic (exact) mass is 271 g/mol. The van der Waals surface area contributed by atoms with E-state index in [0.717, 1.165) is 17.7 Å². The maximum absolute atomic E-state index is 11.8. The number of urea groups is 1. The number of carbonyl (C=O) groups excluding carboxylic acids is 1. The van der Waals surface area contributed by atoms with Gasteiger partial charge in [-0.15, -0.1) is 6.42 Å². The molecule has 104 valence electrons. The Morgan fingerprint density at radius 1 is 1.55 bits per heavy atom. The predicted molar refractivity (Wildman–Crippen MR) is 76.8 cm³/mol. The third-order valence-electron chi connectivity index (χ3n) is 3.00. The highest BCUT2D eigenvalue weighted by atomic mass is 16.5. The van der Waals surface area contributed by atoms with Gasteiger partial charge in [-0.2, -0.15) is 0 Å². The first kappa shape index (κ1) is 13.9. The fraction of sp³-hybridized carbons (Fsp3) is 0.333. The van der Waals surface area contributed by atoms with Crippen LogP contribution in [0.2, 0.25) is 0 Å². The van der Waals surface area contributed by atoms with Crippen LogP contribution in [0, 0.1) is 17.8 Å². The lowest BCUT2D eigenvalue weighted by atomic mass is 10.1. The summed E-state index contributed by atoms with van der Waals surface area (Å²) in [4.78, 5) is 13.2. The van der Waals surface area contributed by atoms with Crippen molar-refractivity contribution in [2.75, 3.05) is 13.2 Å². The van der Waals surface area contributed by atoms with E-state index in [0.29, 0.717) is 6.61 Å². The van der Waals surface area contributed by atoms with Gasteiger partial charge in [0.1, 0.15) is 17.6 Å². The van der Waals surface area contributed by atoms with Crippen molar-refractivity contribution in [1.29, 1.82) is 5.41 Å². The molecule has 0 aromatic heterocycles. The number of hydrogen-bond donors (Lipinski definition) is 2. The first-order chi connectivity index (χ1) is 9.67. The second-order valence-electron chi connectivity index (χ2n) is 4.50. The van der Waals surface area contributed by atoms with Crippen LogP contribution in [-0.2, 0) is 0 Å². The van der Waals surface area contributed by atoms with E-state index in [9.17, 15) is 4.79 Å². The summed E-state index contributed by atoms with van der Waals surface area (Å²) in [7, 11) is 0. The Balaban J connectivity index is 2.27. The van der Waals surface area contributed by atoms with Gasteiger partial charge in [-0.05, 0) is 24.1 Å². The van der Waals surface area contributed by atoms with Gasteiger partial charge < -0.3 is 4.74 Å². The molecule has 0 saturated carbocycles. The maximum atomic E-state index is 11.8. The van der Waals surface area contributed by atoms with Crippen LogP contribution in [-0.4, -0.2) is 29.9 Å². The number of terminal acetylenes is 1. The molecule has 2 rings (SSSR count). The summed E-state index contributed by atoms with van der Waals surface area (Å²) in [6, 6.07) is 6.62. The Kier molecular flexibility index (Phi) is 4.26. The van der Waals surface area contributed by atoms with Crippen molar-refractivity contribution in [3.63, 3.8) is 0 Å². The summed E-state index contributed by atoms with van der Waals surface area (Å²) >= 11 is 0. The molecule has 1 unspecified atom stereocenters. The standard InChI is InChI=1S/C15H17N3O2/c1-3-8-18-13(14(16)17-15(18)19)11-6-5-7-12(10-11)20-9-4-2/h1,5-7,10,13H,4,8-9H2,2H3,(H2,16,17,19). The van der Waals surface area contributed by atoms with Crippen LogP contribution in [0.15, 0.2) is 24.3 Å². The third kappa shape index (κ3) is 2.75. The van der Waals surface area contributed by atoms with Crippen LogP contribution >= 0.6 is 0 Å². The molecule has 0 bridgehead atoms. The largest absolute Gasteiger partial charge is 0.494 e. The quantitative estimate of drug-likeness (QED) is 0.806. The topological polar surface area (TPSA) is 65.4 Å². The zero-order valence-electron chi connectivity index (χ0n) is 11.3. The number of hydrogen-bond acceptors (Lipinski definition) is 3. The molecule has 1 aliphatic heterocycles. The Labute approximate surface area is 118 Å². The maximum Gasteiger partial charge on any atom is 0.324 e. The van der Waals surface area contributed by atoms with Gasteiger partial charge in [0.25, 0.3) is 0 Å². The summed E-state index contributed by atoms with van der Waals surface area (Å²) in [5, 5.41) is 10.4. The van der Waals surface area contributed by atoms with E-state index in [1.54, 1.807) is 0 Å². The molecule has 5 nitrogen and oxygen atoms in total. The molecule has 1 heterocycles. The van der Waals surface area contributed by atoms with E-state index in [4.69, 9.17) is 16.6 Å². The molecule has 2 amide bonds. The summed E-state index contributed by atoms with van der Waals surface area (Å²) < 4.78 is 5.58. The fourth-order valence-electron chi connectivity index (χ4n) is 2.13. The van der Waals surface area contributed by atoms with Crippen LogP contribution in [0.3, 0.4) is 0 Å². The lowest BCUT2D eigenvalue weighted by molar-refractivity contribution is 0.212. The van der Waals surface area contributed by atoms with Crippen LogP contribution in [0.1, 0.15) is 24.9 Å². The molecule has 20 heavy (non-hydrogen) atoms. The molecule has 1 aliphatic rings. The smallest absolute Gasteiger partial charge is 0.324 e. The Morgan fingerprint density at radius 2 is 2.35 bits per heavy atom. The zero-order valence-corrected chi connectivity index (χ0v) is 11.3. The molecule has 1 aromatic rings. The first-order valence-corrected chi connectivity index (χ1v) is 6.49. The molecule has 1 saturated heterocycles. The van der Waals surface area contributed by atoms with E-state index in [1.807, 2.05) is 31.2 Å². The summed E-state index contributed by atoms with van der Waals surface area (Å²) in [6.45, 7) is 2.84. The third-order valence-corrected chi connectivity index (χ3v) is 3.00. The average molecular weight is 271 g/mol. The minimum atomic E-state index is -0.469. The fourth-order valence-corrected chi connectivity index (χ4v) is 2.13. The van der Waals surface area contributed by atoms with Crippen LogP contribution < -0.4 is 10.1 Å². The van der Waals surface area contributed by atoms with E-state index in [1.165, 1.54) is 4.90 Å². The van der Waals surface area contributed by atoms with Gasteiger partial charge in [0.05, 0.1) is 13.2 Å². The van der Waals surface area contributed by atoms with Crippen molar-refractivity contribution < 1.29 is 9.53 Å². The lowest BCUT2D eigenvalue weighted by Crippen LogP contribution is -2.30. The zero-order chi connectivity index (χ0) is 14.5. The minimum absolute atomic E-state index is 0.137. The molecule has 2 N–H and O–H groups in total. The summed E-state index contributed by atoms with van der Waals surface area (Å²) in [6.07, 6.45) is 6.21. The van der Waals surface area contributed by atoms with Gasteiger partial charge in [-0.3, -0.25) is 15.6 Å². The number of nitrogens with one attached hydrogen (secondary N) is 2. The summed E-state index contributed by atoms with van der Waals surface area (Å²) in [5.41, 5.74) is 0.817. The van der Waals surface area contributed by atoms with E-state index in [-0.39, 0.29) is 18.4 Å². The molecular formula is C15H17N3O2. The van der Waals surface area contributed by atoms with Crippen LogP contribution in [0.4, 0.5) is 4.79 Å². The second-order valence-corrected chi connectivity index (χ2v) is 4.50. The highest BCUT2D eigenvalue weighted by Crippen LogP contribution is 2.28. The molecule has 0 aliphatic carbocycles. The molecule has 1 atom stereocenters. The van der Waals surface area contributed by atoms with E-state index in [2.05, 4.69) is 11.2 Å². The van der Waals surface area contributed by atoms with E-state index >= 15 is 0 Å². The van der Waals surface area contributed by atoms with Gasteiger partial charge in [0, 0.05) is 0 Å². The first-order valence-electron chi connectivity index (χ1n) is 6.49. The van der Waals surface area contributed by atoms with Crippen molar-refractivity contribution in [2.24, 2.45) is 0 Å². The van der Waals surface area contributed by atoms with Gasteiger partial charge in [0.15, 0.2) is 0 Å². The van der Waals surface area contributed by atoms with Crippen molar-refractivity contribution in [3.05, 3.63) is 29.8 Å². The van der Waals surface area contributed by atoms with Crippen molar-refractivity contribution in [3.8, 4) is 18.1 Å². The predicted octanol–water partition coefficient (Wildman–Crippen LogP) is 2.15. The van der Waals surface area contributed by atoms with Crippen LogP contribution in [0.25, 0.3) is 0 Å². The van der Waals surface area contributed by atoms with Crippen molar-refractivity contribution >= 4 is 11.9 Å². The van der Waals surface area contributed by atoms with Gasteiger partial charge in [-0.25, -0.2) is 4.79 Å². The Hall–Kier alpha value is -2.48. The number of rotatable bonds is 5. The van der Waals surface area contributed by atoms with Gasteiger partial charge >= 0.3 is 6.03 Å². The average Bonchev–Trinajstić information content (AvgIpc) is 2.72. The van der Waals surface area contributed by atoms with Crippen LogP contribution in [0.5, 0.6) is 5.75 Å². The van der Waals surface area contributed by atoms with Crippen molar-refractivity contribution in [1.82, 2.24) is 10.2 Å². The Bertz CT molecular complexity index is 562. The summed E-state index contributed by atoms with van der Waals surface area (Å²) in [5.74, 6) is 3.32. The van der Waals surface area contributed by atoms with Gasteiger partial charge in [0.2, 0.25) is 0 Å². The molecular weight excluding hydrogens is 254 g/mol. The number of carbonyl (C=O) groups is 1. The molecule has 5 heteroatoms. The highest BCUT2D eigenvalue weighted by Gasteiger charge is 2.36. The lowest BCUT2D eigenvalue weighted by Gasteiger charge is -2.21. The highest BCUT2D eigenvalue weighted by molar-refractivity contribution is 6.06. The second kappa shape index (κ2) is 6.11. The van der Waals surface area contributed by atoms with Gasteiger partial charge in [-0.1, -0.05) is 25.0 Å². The Morgan fingerprint density at radius 3 is 3.05 bits per heavy atom. The number of nitrogens with zero attached hydrogens (tertiary/aromatic N) is 1. The molecule has 0 radical (unpaired) electrons. The van der Waals surface area contributed by atoms with Crippen molar-refractivity contribution in [2.45, 2.75) is 19.4 Å². The number of amidine groups is 1.